The van der Waals surface area contributed by atoms with Crippen molar-refractivity contribution >= 4 is 0 Å². The first-order valence-electron chi connectivity index (χ1n) is 7.66. The number of hydrogen-bond acceptors (Lipinski definition) is 3. The number of rotatable bonds is 5. The highest BCUT2D eigenvalue weighted by Gasteiger charge is 2.42. The van der Waals surface area contributed by atoms with Crippen LogP contribution in [0.15, 0.2) is 0 Å². The Morgan fingerprint density at radius 1 is 1.22 bits per heavy atom. The van der Waals surface area contributed by atoms with Crippen LogP contribution >= 0.6 is 0 Å². The SMILES string of the molecule is CCNC1(C#N)CCC(N(CC)C2CCCC2)C1. The van der Waals surface area contributed by atoms with E-state index >= 15 is 0 Å². The van der Waals surface area contributed by atoms with Crippen molar-refractivity contribution < 1.29 is 0 Å². The minimum Gasteiger partial charge on any atom is -0.300 e. The van der Waals surface area contributed by atoms with Gasteiger partial charge in [0.1, 0.15) is 5.54 Å². The molecule has 2 fully saturated rings. The summed E-state index contributed by atoms with van der Waals surface area (Å²) in [6.07, 6.45) is 8.74. The molecule has 102 valence electrons. The summed E-state index contributed by atoms with van der Waals surface area (Å²) in [5.74, 6) is 0. The zero-order valence-corrected chi connectivity index (χ0v) is 11.9. The molecule has 0 aromatic rings. The Bertz CT molecular complexity index is 303. The Kier molecular flexibility index (Phi) is 4.64. The highest BCUT2D eigenvalue weighted by molar-refractivity contribution is 5.13. The monoisotopic (exact) mass is 249 g/mol. The molecule has 2 unspecified atom stereocenters. The van der Waals surface area contributed by atoms with E-state index in [1.807, 2.05) is 0 Å². The van der Waals surface area contributed by atoms with E-state index in [0.29, 0.717) is 6.04 Å². The molecule has 2 rings (SSSR count). The van der Waals surface area contributed by atoms with Gasteiger partial charge < -0.3 is 0 Å². The molecule has 18 heavy (non-hydrogen) atoms. The van der Waals surface area contributed by atoms with Crippen LogP contribution in [0.4, 0.5) is 0 Å². The first-order chi connectivity index (χ1) is 8.74. The fraction of sp³-hybridized carbons (Fsp3) is 0.933. The van der Waals surface area contributed by atoms with Crippen molar-refractivity contribution in [2.75, 3.05) is 13.1 Å². The molecular weight excluding hydrogens is 222 g/mol. The lowest BCUT2D eigenvalue weighted by atomic mass is 9.99. The smallest absolute Gasteiger partial charge is 0.108 e. The summed E-state index contributed by atoms with van der Waals surface area (Å²) in [5.41, 5.74) is -0.245. The van der Waals surface area contributed by atoms with Gasteiger partial charge in [0.15, 0.2) is 0 Å². The zero-order chi connectivity index (χ0) is 13.0. The predicted molar refractivity (Wildman–Crippen MR) is 74.3 cm³/mol. The maximum absolute atomic E-state index is 9.45. The summed E-state index contributed by atoms with van der Waals surface area (Å²) in [6.45, 7) is 6.41. The molecule has 0 bridgehead atoms. The quantitative estimate of drug-likeness (QED) is 0.814. The highest BCUT2D eigenvalue weighted by atomic mass is 15.2. The van der Waals surface area contributed by atoms with Gasteiger partial charge in [-0.1, -0.05) is 26.7 Å². The van der Waals surface area contributed by atoms with E-state index in [2.05, 4.69) is 30.1 Å². The van der Waals surface area contributed by atoms with E-state index in [4.69, 9.17) is 0 Å². The second-order valence-electron chi connectivity index (χ2n) is 5.89. The lowest BCUT2D eigenvalue weighted by Crippen LogP contribution is -2.45. The molecule has 2 saturated carbocycles. The molecule has 0 heterocycles. The van der Waals surface area contributed by atoms with Crippen molar-refractivity contribution in [3.05, 3.63) is 0 Å². The summed E-state index contributed by atoms with van der Waals surface area (Å²) in [6, 6.07) is 3.95. The molecule has 0 aromatic carbocycles. The van der Waals surface area contributed by atoms with Gasteiger partial charge in [-0.15, -0.1) is 0 Å². The van der Waals surface area contributed by atoms with Gasteiger partial charge in [0.05, 0.1) is 6.07 Å². The summed E-state index contributed by atoms with van der Waals surface area (Å²) in [5, 5.41) is 12.9. The highest BCUT2D eigenvalue weighted by Crippen LogP contribution is 2.36. The lowest BCUT2D eigenvalue weighted by molar-refractivity contribution is 0.141. The normalized spacial score (nSPS) is 33.1. The molecule has 0 aliphatic heterocycles. The topological polar surface area (TPSA) is 39.1 Å². The molecular formula is C15H27N3. The van der Waals surface area contributed by atoms with Crippen molar-refractivity contribution in [1.29, 1.82) is 5.26 Å². The van der Waals surface area contributed by atoms with Gasteiger partial charge in [-0.25, -0.2) is 0 Å². The van der Waals surface area contributed by atoms with Gasteiger partial charge in [-0.2, -0.15) is 5.26 Å². The third-order valence-electron chi connectivity index (χ3n) is 4.85. The predicted octanol–water partition coefficient (Wildman–Crippen LogP) is 2.68. The molecule has 0 saturated heterocycles. The minimum atomic E-state index is -0.245. The van der Waals surface area contributed by atoms with E-state index in [1.54, 1.807) is 0 Å². The van der Waals surface area contributed by atoms with Gasteiger partial charge in [0, 0.05) is 12.1 Å². The van der Waals surface area contributed by atoms with Gasteiger partial charge in [0.25, 0.3) is 0 Å². The maximum Gasteiger partial charge on any atom is 0.108 e. The Morgan fingerprint density at radius 3 is 2.50 bits per heavy atom. The summed E-state index contributed by atoms with van der Waals surface area (Å²) in [7, 11) is 0. The standard InChI is InChI=1S/C15H27N3/c1-3-17-15(12-16)10-9-14(11-15)18(4-2)13-7-5-6-8-13/h13-14,17H,3-11H2,1-2H3. The molecule has 3 heteroatoms. The van der Waals surface area contributed by atoms with Gasteiger partial charge in [0.2, 0.25) is 0 Å². The molecule has 1 N–H and O–H groups in total. The molecule has 0 amide bonds. The first-order valence-corrected chi connectivity index (χ1v) is 7.66. The third kappa shape index (κ3) is 2.70. The average Bonchev–Trinajstić information content (AvgIpc) is 3.02. The third-order valence-corrected chi connectivity index (χ3v) is 4.85. The van der Waals surface area contributed by atoms with E-state index < -0.39 is 0 Å². The van der Waals surface area contributed by atoms with E-state index in [0.717, 1.165) is 32.0 Å². The minimum absolute atomic E-state index is 0.245. The van der Waals surface area contributed by atoms with Gasteiger partial charge >= 0.3 is 0 Å². The van der Waals surface area contributed by atoms with Crippen LogP contribution in [0.3, 0.4) is 0 Å². The van der Waals surface area contributed by atoms with Gasteiger partial charge in [-0.05, 0) is 45.2 Å². The molecule has 3 nitrogen and oxygen atoms in total. The van der Waals surface area contributed by atoms with Crippen molar-refractivity contribution in [3.63, 3.8) is 0 Å². The number of hydrogen-bond donors (Lipinski definition) is 1. The van der Waals surface area contributed by atoms with E-state index in [1.165, 1.54) is 32.1 Å². The number of nitriles is 1. The van der Waals surface area contributed by atoms with Crippen LogP contribution in [0.2, 0.25) is 0 Å². The van der Waals surface area contributed by atoms with Crippen LogP contribution in [-0.2, 0) is 0 Å². The molecule has 2 aliphatic rings. The van der Waals surface area contributed by atoms with Crippen LogP contribution < -0.4 is 5.32 Å². The molecule has 2 aliphatic carbocycles. The summed E-state index contributed by atoms with van der Waals surface area (Å²) in [4.78, 5) is 2.68. The molecule has 0 aromatic heterocycles. The Labute approximate surface area is 112 Å². The van der Waals surface area contributed by atoms with Crippen LogP contribution in [0.25, 0.3) is 0 Å². The second-order valence-corrected chi connectivity index (χ2v) is 5.89. The van der Waals surface area contributed by atoms with Crippen molar-refractivity contribution in [2.45, 2.75) is 76.4 Å². The second kappa shape index (κ2) is 6.04. The van der Waals surface area contributed by atoms with E-state index in [9.17, 15) is 5.26 Å². The van der Waals surface area contributed by atoms with Crippen LogP contribution in [0, 0.1) is 11.3 Å². The van der Waals surface area contributed by atoms with Crippen LogP contribution in [0.1, 0.15) is 58.8 Å². The van der Waals surface area contributed by atoms with Crippen LogP contribution in [-0.4, -0.2) is 35.6 Å². The number of nitrogens with one attached hydrogen (secondary N) is 1. The Morgan fingerprint density at radius 2 is 1.94 bits per heavy atom. The fourth-order valence-corrected chi connectivity index (χ4v) is 3.99. The average molecular weight is 249 g/mol. The molecule has 0 radical (unpaired) electrons. The maximum atomic E-state index is 9.45. The Balaban J connectivity index is 1.99. The van der Waals surface area contributed by atoms with Crippen molar-refractivity contribution in [2.24, 2.45) is 0 Å². The summed E-state index contributed by atoms with van der Waals surface area (Å²) >= 11 is 0. The molecule has 0 spiro atoms. The van der Waals surface area contributed by atoms with Gasteiger partial charge in [-0.3, -0.25) is 10.2 Å². The van der Waals surface area contributed by atoms with E-state index in [-0.39, 0.29) is 5.54 Å². The fourth-order valence-electron chi connectivity index (χ4n) is 3.99. The molecule has 2 atom stereocenters. The number of nitrogens with zero attached hydrogens (tertiary/aromatic N) is 2. The largest absolute Gasteiger partial charge is 0.300 e. The first kappa shape index (κ1) is 13.8. The van der Waals surface area contributed by atoms with Crippen LogP contribution in [0.5, 0.6) is 0 Å². The summed E-state index contributed by atoms with van der Waals surface area (Å²) < 4.78 is 0. The lowest BCUT2D eigenvalue weighted by Gasteiger charge is -2.34. The van der Waals surface area contributed by atoms with Crippen molar-refractivity contribution in [3.8, 4) is 6.07 Å². The zero-order valence-electron chi connectivity index (χ0n) is 11.9. The van der Waals surface area contributed by atoms with Crippen molar-refractivity contribution in [1.82, 2.24) is 10.2 Å². The Hall–Kier alpha value is -0.590.